The fraction of sp³-hybridized carbons (Fsp3) is 0.375. The Bertz CT molecular complexity index is 1000. The predicted octanol–water partition coefficient (Wildman–Crippen LogP) is 3.73. The van der Waals surface area contributed by atoms with Crippen molar-refractivity contribution >= 4 is 29.3 Å². The topological polar surface area (TPSA) is 128 Å². The van der Waals surface area contributed by atoms with E-state index in [1.807, 2.05) is 32.9 Å². The summed E-state index contributed by atoms with van der Waals surface area (Å²) in [5, 5.41) is 2.73. The molecule has 0 spiro atoms. The van der Waals surface area contributed by atoms with E-state index in [0.717, 1.165) is 18.4 Å². The van der Waals surface area contributed by atoms with Crippen molar-refractivity contribution < 1.29 is 19.1 Å². The monoisotopic (exact) mass is 438 g/mol. The average Bonchev–Trinajstić information content (AvgIpc) is 2.74. The van der Waals surface area contributed by atoms with Crippen molar-refractivity contribution in [1.82, 2.24) is 4.90 Å². The molecule has 8 heteroatoms. The van der Waals surface area contributed by atoms with Gasteiger partial charge in [-0.05, 0) is 69.4 Å². The van der Waals surface area contributed by atoms with Crippen molar-refractivity contribution in [2.75, 3.05) is 24.1 Å². The van der Waals surface area contributed by atoms with Gasteiger partial charge in [-0.15, -0.1) is 0 Å². The van der Waals surface area contributed by atoms with Gasteiger partial charge < -0.3 is 26.4 Å². The lowest BCUT2D eigenvalue weighted by molar-refractivity contribution is 0.0204. The lowest BCUT2D eigenvalue weighted by Crippen LogP contribution is -2.41. The fourth-order valence-corrected chi connectivity index (χ4v) is 3.71. The van der Waals surface area contributed by atoms with Gasteiger partial charge in [-0.1, -0.05) is 18.2 Å². The highest BCUT2D eigenvalue weighted by Crippen LogP contribution is 2.29. The molecule has 3 amide bonds. The molecule has 0 saturated carbocycles. The van der Waals surface area contributed by atoms with Gasteiger partial charge in [-0.2, -0.15) is 0 Å². The number of amides is 3. The molecule has 3 rings (SSSR count). The molecule has 32 heavy (non-hydrogen) atoms. The Morgan fingerprint density at radius 1 is 1.03 bits per heavy atom. The van der Waals surface area contributed by atoms with Crippen LogP contribution in [0.1, 0.15) is 65.8 Å². The van der Waals surface area contributed by atoms with Crippen LogP contribution in [0, 0.1) is 0 Å². The lowest BCUT2D eigenvalue weighted by Gasteiger charge is -2.33. The van der Waals surface area contributed by atoms with E-state index in [1.165, 1.54) is 6.07 Å². The van der Waals surface area contributed by atoms with E-state index in [0.29, 0.717) is 30.3 Å². The molecule has 1 fully saturated rings. The second-order valence-electron chi connectivity index (χ2n) is 8.95. The number of likely N-dealkylation sites (tertiary alicyclic amines) is 1. The van der Waals surface area contributed by atoms with Crippen LogP contribution in [0.5, 0.6) is 0 Å². The van der Waals surface area contributed by atoms with Gasteiger partial charge in [-0.3, -0.25) is 9.59 Å². The first-order chi connectivity index (χ1) is 15.0. The highest BCUT2D eigenvalue weighted by molar-refractivity contribution is 6.08. The van der Waals surface area contributed by atoms with E-state index in [-0.39, 0.29) is 23.3 Å². The molecule has 0 atom stereocenters. The van der Waals surface area contributed by atoms with Gasteiger partial charge in [0.2, 0.25) is 0 Å². The number of nitrogens with one attached hydrogen (secondary N) is 1. The quantitative estimate of drug-likeness (QED) is 0.627. The van der Waals surface area contributed by atoms with Crippen LogP contribution >= 0.6 is 0 Å². The second-order valence-corrected chi connectivity index (χ2v) is 8.95. The minimum atomic E-state index is -0.652. The van der Waals surface area contributed by atoms with E-state index in [1.54, 1.807) is 29.2 Å². The number of nitrogens with two attached hydrogens (primary N) is 2. The Morgan fingerprint density at radius 2 is 1.66 bits per heavy atom. The van der Waals surface area contributed by atoms with Crippen molar-refractivity contribution in [2.24, 2.45) is 5.73 Å². The lowest BCUT2D eigenvalue weighted by atomic mass is 9.89. The molecule has 0 bridgehead atoms. The van der Waals surface area contributed by atoms with E-state index >= 15 is 0 Å². The second kappa shape index (κ2) is 9.30. The SMILES string of the molecule is CC(C)(C)OC(=O)N1CCC(c2ccc(C(=O)Nc3cccc(C(N)=O)c3N)cc2)CC1. The molecule has 0 aromatic heterocycles. The summed E-state index contributed by atoms with van der Waals surface area (Å²) in [5.74, 6) is -0.668. The van der Waals surface area contributed by atoms with Crippen LogP contribution in [0.3, 0.4) is 0 Å². The molecule has 1 heterocycles. The number of benzene rings is 2. The van der Waals surface area contributed by atoms with Gasteiger partial charge in [0.25, 0.3) is 11.8 Å². The van der Waals surface area contributed by atoms with Crippen molar-refractivity contribution in [3.05, 3.63) is 59.2 Å². The number of primary amides is 1. The highest BCUT2D eigenvalue weighted by Gasteiger charge is 2.27. The van der Waals surface area contributed by atoms with Gasteiger partial charge in [0.05, 0.1) is 16.9 Å². The number of carbonyl (C=O) groups excluding carboxylic acids is 3. The Kier molecular flexibility index (Phi) is 6.72. The van der Waals surface area contributed by atoms with Crippen LogP contribution < -0.4 is 16.8 Å². The number of hydrogen-bond acceptors (Lipinski definition) is 5. The number of nitrogen functional groups attached to an aromatic ring is 1. The molecule has 2 aromatic carbocycles. The highest BCUT2D eigenvalue weighted by atomic mass is 16.6. The minimum absolute atomic E-state index is 0.140. The minimum Gasteiger partial charge on any atom is -0.444 e. The van der Waals surface area contributed by atoms with Crippen LogP contribution in [0.15, 0.2) is 42.5 Å². The average molecular weight is 439 g/mol. The number of hydrogen-bond donors (Lipinski definition) is 3. The molecule has 1 saturated heterocycles. The summed E-state index contributed by atoms with van der Waals surface area (Å²) in [4.78, 5) is 38.0. The molecule has 0 unspecified atom stereocenters. The zero-order valence-corrected chi connectivity index (χ0v) is 18.7. The third-order valence-corrected chi connectivity index (χ3v) is 5.41. The number of nitrogens with zero attached hydrogens (tertiary/aromatic N) is 1. The molecule has 0 radical (unpaired) electrons. The Morgan fingerprint density at radius 3 is 2.22 bits per heavy atom. The summed E-state index contributed by atoms with van der Waals surface area (Å²) >= 11 is 0. The van der Waals surface area contributed by atoms with Crippen molar-refractivity contribution in [1.29, 1.82) is 0 Å². The molecule has 8 nitrogen and oxygen atoms in total. The number of ether oxygens (including phenoxy) is 1. The van der Waals surface area contributed by atoms with E-state index in [2.05, 4.69) is 5.32 Å². The van der Waals surface area contributed by atoms with E-state index in [4.69, 9.17) is 16.2 Å². The molecule has 0 aliphatic carbocycles. The molecular weight excluding hydrogens is 408 g/mol. The van der Waals surface area contributed by atoms with Crippen molar-refractivity contribution in [3.8, 4) is 0 Å². The summed E-state index contributed by atoms with van der Waals surface area (Å²) in [6.07, 6.45) is 1.39. The maximum atomic E-state index is 12.6. The third kappa shape index (κ3) is 5.57. The van der Waals surface area contributed by atoms with Crippen LogP contribution in [-0.4, -0.2) is 41.5 Å². The van der Waals surface area contributed by atoms with Crippen LogP contribution in [-0.2, 0) is 4.74 Å². The summed E-state index contributed by atoms with van der Waals surface area (Å²) < 4.78 is 5.45. The molecule has 1 aliphatic heterocycles. The zero-order chi connectivity index (χ0) is 23.5. The van der Waals surface area contributed by atoms with Gasteiger partial charge >= 0.3 is 6.09 Å². The molecule has 5 N–H and O–H groups in total. The molecular formula is C24H30N4O4. The first-order valence-electron chi connectivity index (χ1n) is 10.6. The number of piperidine rings is 1. The van der Waals surface area contributed by atoms with Crippen molar-refractivity contribution in [2.45, 2.75) is 45.1 Å². The van der Waals surface area contributed by atoms with Gasteiger partial charge in [0.1, 0.15) is 5.60 Å². The summed E-state index contributed by atoms with van der Waals surface area (Å²) in [6.45, 7) is 6.85. The normalized spacial score (nSPS) is 14.7. The van der Waals surface area contributed by atoms with Crippen LogP contribution in [0.2, 0.25) is 0 Å². The number of anilines is 2. The van der Waals surface area contributed by atoms with Crippen molar-refractivity contribution in [3.63, 3.8) is 0 Å². The largest absolute Gasteiger partial charge is 0.444 e. The number of rotatable bonds is 4. The van der Waals surface area contributed by atoms with Gasteiger partial charge in [0, 0.05) is 18.7 Å². The summed E-state index contributed by atoms with van der Waals surface area (Å²) in [7, 11) is 0. The number of carbonyl (C=O) groups is 3. The van der Waals surface area contributed by atoms with Crippen LogP contribution in [0.25, 0.3) is 0 Å². The van der Waals surface area contributed by atoms with Crippen LogP contribution in [0.4, 0.5) is 16.2 Å². The van der Waals surface area contributed by atoms with E-state index in [9.17, 15) is 14.4 Å². The standard InChI is InChI=1S/C24H30N4O4/c1-24(2,3)32-23(31)28-13-11-16(12-14-28)15-7-9-17(10-8-15)22(30)27-19-6-4-5-18(20(19)25)21(26)29/h4-10,16H,11-14,25H2,1-3H3,(H2,26,29)(H,27,30). The third-order valence-electron chi connectivity index (χ3n) is 5.41. The van der Waals surface area contributed by atoms with Gasteiger partial charge in [0.15, 0.2) is 0 Å². The first kappa shape index (κ1) is 23.1. The molecule has 170 valence electrons. The smallest absolute Gasteiger partial charge is 0.410 e. The summed E-state index contributed by atoms with van der Waals surface area (Å²) in [5.41, 5.74) is 13.0. The van der Waals surface area contributed by atoms with Gasteiger partial charge in [-0.25, -0.2) is 4.79 Å². The maximum Gasteiger partial charge on any atom is 0.410 e. The maximum absolute atomic E-state index is 12.6. The zero-order valence-electron chi connectivity index (χ0n) is 18.7. The Hall–Kier alpha value is -3.55. The number of para-hydroxylation sites is 1. The first-order valence-corrected chi connectivity index (χ1v) is 10.6. The predicted molar refractivity (Wildman–Crippen MR) is 124 cm³/mol. The van der Waals surface area contributed by atoms with E-state index < -0.39 is 11.5 Å². The Balaban J connectivity index is 1.60. The summed E-state index contributed by atoms with van der Waals surface area (Å²) in [6, 6.07) is 12.1. The fourth-order valence-electron chi connectivity index (χ4n) is 3.71. The Labute approximate surface area is 187 Å². The molecule has 2 aromatic rings. The molecule has 1 aliphatic rings.